The van der Waals surface area contributed by atoms with Crippen molar-refractivity contribution in [3.63, 3.8) is 0 Å². The van der Waals surface area contributed by atoms with Gasteiger partial charge in [0, 0.05) is 33.0 Å². The van der Waals surface area contributed by atoms with Crippen LogP contribution >= 0.6 is 0 Å². The summed E-state index contributed by atoms with van der Waals surface area (Å²) in [5.41, 5.74) is 0.0879. The van der Waals surface area contributed by atoms with Gasteiger partial charge in [-0.05, 0) is 32.4 Å². The molecule has 2 N–H and O–H groups in total. The van der Waals surface area contributed by atoms with Crippen molar-refractivity contribution in [1.29, 1.82) is 0 Å². The Morgan fingerprint density at radius 2 is 1.70 bits per heavy atom. The number of carbonyl (C=O) groups is 2. The molecule has 0 radical (unpaired) electrons. The first-order valence-corrected chi connectivity index (χ1v) is 7.39. The lowest BCUT2D eigenvalue weighted by atomic mass is 9.93. The van der Waals surface area contributed by atoms with Crippen molar-refractivity contribution < 1.29 is 9.59 Å². The van der Waals surface area contributed by atoms with E-state index in [9.17, 15) is 9.59 Å². The lowest BCUT2D eigenvalue weighted by Gasteiger charge is -2.28. The Labute approximate surface area is 123 Å². The largest absolute Gasteiger partial charge is 0.356 e. The van der Waals surface area contributed by atoms with E-state index in [0.717, 1.165) is 25.8 Å². The zero-order valence-electron chi connectivity index (χ0n) is 13.7. The highest BCUT2D eigenvalue weighted by Crippen LogP contribution is 2.14. The molecule has 0 saturated heterocycles. The molecule has 0 aromatic carbocycles. The number of nitrogens with zero attached hydrogens (tertiary/aromatic N) is 1. The predicted octanol–water partition coefficient (Wildman–Crippen LogP) is 1.39. The number of nitrogens with one attached hydrogen (secondary N) is 2. The minimum atomic E-state index is 0.00543. The van der Waals surface area contributed by atoms with Crippen molar-refractivity contribution in [1.82, 2.24) is 15.5 Å². The van der Waals surface area contributed by atoms with Crippen LogP contribution in [-0.4, -0.2) is 50.4 Å². The van der Waals surface area contributed by atoms with Gasteiger partial charge in [-0.2, -0.15) is 0 Å². The van der Waals surface area contributed by atoms with E-state index in [0.29, 0.717) is 19.5 Å². The average molecular weight is 285 g/mol. The van der Waals surface area contributed by atoms with Gasteiger partial charge < -0.3 is 15.5 Å². The Hall–Kier alpha value is -1.10. The van der Waals surface area contributed by atoms with Gasteiger partial charge in [0.15, 0.2) is 0 Å². The molecule has 2 amide bonds. The maximum atomic E-state index is 11.7. The van der Waals surface area contributed by atoms with E-state index in [-0.39, 0.29) is 17.2 Å². The smallest absolute Gasteiger partial charge is 0.220 e. The van der Waals surface area contributed by atoms with Crippen LogP contribution in [0.4, 0.5) is 0 Å². The molecule has 0 aliphatic carbocycles. The average Bonchev–Trinajstić information content (AvgIpc) is 2.29. The lowest BCUT2D eigenvalue weighted by molar-refractivity contribution is -0.122. The van der Waals surface area contributed by atoms with Crippen LogP contribution in [0.1, 0.15) is 46.5 Å². The van der Waals surface area contributed by atoms with Crippen LogP contribution in [-0.2, 0) is 9.59 Å². The zero-order valence-corrected chi connectivity index (χ0v) is 13.7. The number of rotatable bonds is 10. The van der Waals surface area contributed by atoms with E-state index < -0.39 is 0 Å². The highest BCUT2D eigenvalue weighted by atomic mass is 16.2. The second kappa shape index (κ2) is 9.75. The first-order valence-electron chi connectivity index (χ1n) is 7.39. The molecule has 5 nitrogen and oxygen atoms in total. The van der Waals surface area contributed by atoms with Gasteiger partial charge in [-0.25, -0.2) is 0 Å². The second-order valence-electron chi connectivity index (χ2n) is 6.47. The van der Waals surface area contributed by atoms with Crippen molar-refractivity contribution in [2.24, 2.45) is 5.41 Å². The van der Waals surface area contributed by atoms with Gasteiger partial charge in [0.25, 0.3) is 0 Å². The van der Waals surface area contributed by atoms with Crippen LogP contribution < -0.4 is 10.6 Å². The molecule has 118 valence electrons. The fourth-order valence-corrected chi connectivity index (χ4v) is 2.19. The molecule has 5 heteroatoms. The van der Waals surface area contributed by atoms with E-state index in [2.05, 4.69) is 29.4 Å². The Balaban J connectivity index is 3.61. The molecule has 0 aromatic rings. The van der Waals surface area contributed by atoms with Gasteiger partial charge >= 0.3 is 0 Å². The van der Waals surface area contributed by atoms with Gasteiger partial charge in [0.1, 0.15) is 0 Å². The first kappa shape index (κ1) is 18.9. The zero-order chi connectivity index (χ0) is 15.6. The summed E-state index contributed by atoms with van der Waals surface area (Å²) in [6.45, 7) is 8.18. The van der Waals surface area contributed by atoms with Crippen molar-refractivity contribution in [2.75, 3.05) is 33.7 Å². The van der Waals surface area contributed by atoms with E-state index in [1.807, 2.05) is 14.1 Å². The maximum absolute atomic E-state index is 11.7. The van der Waals surface area contributed by atoms with Crippen molar-refractivity contribution in [2.45, 2.75) is 46.5 Å². The van der Waals surface area contributed by atoms with Crippen molar-refractivity contribution in [3.8, 4) is 0 Å². The Kier molecular flexibility index (Phi) is 9.21. The number of unbranched alkanes of at least 4 members (excludes halogenated alkanes) is 2. The van der Waals surface area contributed by atoms with Crippen molar-refractivity contribution in [3.05, 3.63) is 0 Å². The molecular formula is C15H31N3O2. The molecule has 0 heterocycles. The molecule has 20 heavy (non-hydrogen) atoms. The quantitative estimate of drug-likeness (QED) is 0.596. The third kappa shape index (κ3) is 12.0. The van der Waals surface area contributed by atoms with E-state index in [4.69, 9.17) is 0 Å². The SMILES string of the molecule is CC(=O)NCCCCCC(=O)NCC(C)(C)CN(C)C. The number of hydrogen-bond acceptors (Lipinski definition) is 3. The van der Waals surface area contributed by atoms with Crippen LogP contribution in [0.5, 0.6) is 0 Å². The van der Waals surface area contributed by atoms with Gasteiger partial charge in [-0.1, -0.05) is 20.3 Å². The highest BCUT2D eigenvalue weighted by molar-refractivity contribution is 5.75. The molecule has 0 aliphatic heterocycles. The molecule has 0 saturated carbocycles. The van der Waals surface area contributed by atoms with Crippen LogP contribution in [0.2, 0.25) is 0 Å². The highest BCUT2D eigenvalue weighted by Gasteiger charge is 2.19. The summed E-state index contributed by atoms with van der Waals surface area (Å²) in [6.07, 6.45) is 3.34. The monoisotopic (exact) mass is 285 g/mol. The Morgan fingerprint density at radius 1 is 1.05 bits per heavy atom. The third-order valence-electron chi connectivity index (χ3n) is 2.96. The molecule has 0 spiro atoms. The Morgan fingerprint density at radius 3 is 2.25 bits per heavy atom. The summed E-state index contributed by atoms with van der Waals surface area (Å²) in [7, 11) is 4.08. The minimum absolute atomic E-state index is 0.00543. The molecular weight excluding hydrogens is 254 g/mol. The first-order chi connectivity index (χ1) is 9.23. The van der Waals surface area contributed by atoms with E-state index >= 15 is 0 Å². The normalized spacial score (nSPS) is 11.5. The molecule has 0 bridgehead atoms. The molecule has 0 rings (SSSR count). The third-order valence-corrected chi connectivity index (χ3v) is 2.96. The lowest BCUT2D eigenvalue weighted by Crippen LogP contribution is -2.39. The van der Waals surface area contributed by atoms with Gasteiger partial charge in [-0.15, -0.1) is 0 Å². The fourth-order valence-electron chi connectivity index (χ4n) is 2.19. The molecule has 0 fully saturated rings. The van der Waals surface area contributed by atoms with Gasteiger partial charge in [-0.3, -0.25) is 9.59 Å². The summed E-state index contributed by atoms with van der Waals surface area (Å²) >= 11 is 0. The summed E-state index contributed by atoms with van der Waals surface area (Å²) < 4.78 is 0. The minimum Gasteiger partial charge on any atom is -0.356 e. The summed E-state index contributed by atoms with van der Waals surface area (Å²) in [5.74, 6) is 0.127. The topological polar surface area (TPSA) is 61.4 Å². The maximum Gasteiger partial charge on any atom is 0.220 e. The summed E-state index contributed by atoms with van der Waals surface area (Å²) in [5, 5.41) is 5.75. The van der Waals surface area contributed by atoms with Gasteiger partial charge in [0.2, 0.25) is 11.8 Å². The number of carbonyl (C=O) groups excluding carboxylic acids is 2. The Bertz CT molecular complexity index is 301. The summed E-state index contributed by atoms with van der Waals surface area (Å²) in [6, 6.07) is 0. The van der Waals surface area contributed by atoms with Crippen LogP contribution in [0.15, 0.2) is 0 Å². The van der Waals surface area contributed by atoms with Gasteiger partial charge in [0.05, 0.1) is 0 Å². The van der Waals surface area contributed by atoms with Crippen LogP contribution in [0.3, 0.4) is 0 Å². The molecule has 0 aliphatic rings. The summed E-state index contributed by atoms with van der Waals surface area (Å²) in [4.78, 5) is 24.5. The van der Waals surface area contributed by atoms with Crippen LogP contribution in [0, 0.1) is 5.41 Å². The van der Waals surface area contributed by atoms with Crippen molar-refractivity contribution >= 4 is 11.8 Å². The predicted molar refractivity (Wildman–Crippen MR) is 82.5 cm³/mol. The standard InChI is InChI=1S/C15H31N3O2/c1-13(19)16-10-8-6-7-9-14(20)17-11-15(2,3)12-18(4)5/h6-12H2,1-5H3,(H,16,19)(H,17,20). The number of hydrogen-bond donors (Lipinski definition) is 2. The second-order valence-corrected chi connectivity index (χ2v) is 6.47. The fraction of sp³-hybridized carbons (Fsp3) is 0.867. The number of amides is 2. The van der Waals surface area contributed by atoms with E-state index in [1.165, 1.54) is 6.92 Å². The molecule has 0 unspecified atom stereocenters. The van der Waals surface area contributed by atoms with E-state index in [1.54, 1.807) is 0 Å². The molecule has 0 atom stereocenters. The molecule has 0 aromatic heterocycles. The van der Waals surface area contributed by atoms with Crippen LogP contribution in [0.25, 0.3) is 0 Å².